The second-order valence-electron chi connectivity index (χ2n) is 4.67. The first kappa shape index (κ1) is 9.05. The molecule has 1 aliphatic heterocycles. The molecule has 0 saturated carbocycles. The summed E-state index contributed by atoms with van der Waals surface area (Å²) in [6.45, 7) is 8.89. The van der Waals surface area contributed by atoms with Crippen molar-refractivity contribution in [2.45, 2.75) is 58.7 Å². The smallest absolute Gasteiger partial charge is 0.0631 e. The highest BCUT2D eigenvalue weighted by molar-refractivity contribution is 4.81. The molecule has 0 bridgehead atoms. The van der Waals surface area contributed by atoms with E-state index in [1.807, 2.05) is 0 Å². The fourth-order valence-electron chi connectivity index (χ4n) is 1.77. The molecule has 0 spiro atoms. The number of ether oxygens (including phenoxy) is 1. The number of rotatable bonds is 2. The minimum absolute atomic E-state index is 0.152. The summed E-state index contributed by atoms with van der Waals surface area (Å²) in [5, 5.41) is 0. The van der Waals surface area contributed by atoms with Crippen LogP contribution in [0.25, 0.3) is 0 Å². The Hall–Kier alpha value is -0.0400. The van der Waals surface area contributed by atoms with Crippen LogP contribution >= 0.6 is 0 Å². The Morgan fingerprint density at radius 1 is 1.45 bits per heavy atom. The third kappa shape index (κ3) is 2.82. The van der Waals surface area contributed by atoms with Crippen molar-refractivity contribution >= 4 is 0 Å². The summed E-state index contributed by atoms with van der Waals surface area (Å²) >= 11 is 0. The van der Waals surface area contributed by atoms with E-state index in [2.05, 4.69) is 27.7 Å². The van der Waals surface area contributed by atoms with Gasteiger partial charge in [0.2, 0.25) is 0 Å². The van der Waals surface area contributed by atoms with Gasteiger partial charge in [-0.3, -0.25) is 0 Å². The van der Waals surface area contributed by atoms with E-state index in [4.69, 9.17) is 4.74 Å². The first-order valence-corrected chi connectivity index (χ1v) is 4.67. The summed E-state index contributed by atoms with van der Waals surface area (Å²) in [4.78, 5) is 0. The highest BCUT2D eigenvalue weighted by atomic mass is 16.5. The first-order chi connectivity index (χ1) is 4.99. The predicted octanol–water partition coefficient (Wildman–Crippen LogP) is 2.99. The van der Waals surface area contributed by atoms with Crippen molar-refractivity contribution in [3.05, 3.63) is 0 Å². The topological polar surface area (TPSA) is 9.23 Å². The average molecular weight is 156 g/mol. The molecular formula is C10H20O. The van der Waals surface area contributed by atoms with Crippen molar-refractivity contribution < 1.29 is 4.74 Å². The molecule has 66 valence electrons. The SMILES string of the molecule is CC(C)CC1CCC(C)(C)O1. The van der Waals surface area contributed by atoms with Crippen LogP contribution in [0.5, 0.6) is 0 Å². The molecule has 11 heavy (non-hydrogen) atoms. The van der Waals surface area contributed by atoms with Gasteiger partial charge in [0.1, 0.15) is 0 Å². The lowest BCUT2D eigenvalue weighted by Gasteiger charge is -2.20. The van der Waals surface area contributed by atoms with Crippen LogP contribution in [-0.2, 0) is 4.74 Å². The van der Waals surface area contributed by atoms with Crippen LogP contribution in [-0.4, -0.2) is 11.7 Å². The number of hydrogen-bond donors (Lipinski definition) is 0. The molecule has 1 heterocycles. The minimum atomic E-state index is 0.152. The van der Waals surface area contributed by atoms with E-state index in [1.165, 1.54) is 19.3 Å². The first-order valence-electron chi connectivity index (χ1n) is 4.67. The molecule has 0 aromatic carbocycles. The van der Waals surface area contributed by atoms with Crippen molar-refractivity contribution in [2.75, 3.05) is 0 Å². The fourth-order valence-corrected chi connectivity index (χ4v) is 1.77. The van der Waals surface area contributed by atoms with Gasteiger partial charge in [-0.05, 0) is 39.0 Å². The standard InChI is InChI=1S/C10H20O/c1-8(2)7-9-5-6-10(3,4)11-9/h8-9H,5-7H2,1-4H3. The van der Waals surface area contributed by atoms with Gasteiger partial charge in [0.25, 0.3) is 0 Å². The minimum Gasteiger partial charge on any atom is -0.372 e. The summed E-state index contributed by atoms with van der Waals surface area (Å²) in [6.07, 6.45) is 4.24. The van der Waals surface area contributed by atoms with E-state index in [9.17, 15) is 0 Å². The van der Waals surface area contributed by atoms with Gasteiger partial charge in [-0.2, -0.15) is 0 Å². The van der Waals surface area contributed by atoms with E-state index in [1.54, 1.807) is 0 Å². The molecule has 0 radical (unpaired) electrons. The van der Waals surface area contributed by atoms with Gasteiger partial charge < -0.3 is 4.74 Å². The summed E-state index contributed by atoms with van der Waals surface area (Å²) in [7, 11) is 0. The van der Waals surface area contributed by atoms with Gasteiger partial charge in [-0.15, -0.1) is 0 Å². The molecule has 0 N–H and O–H groups in total. The Morgan fingerprint density at radius 2 is 2.09 bits per heavy atom. The maximum atomic E-state index is 5.86. The van der Waals surface area contributed by atoms with E-state index < -0.39 is 0 Å². The van der Waals surface area contributed by atoms with Gasteiger partial charge in [-0.1, -0.05) is 13.8 Å². The van der Waals surface area contributed by atoms with Gasteiger partial charge in [0, 0.05) is 0 Å². The highest BCUT2D eigenvalue weighted by Crippen LogP contribution is 2.32. The van der Waals surface area contributed by atoms with Crippen LogP contribution in [0, 0.1) is 5.92 Å². The Balaban J connectivity index is 2.31. The van der Waals surface area contributed by atoms with Gasteiger partial charge >= 0.3 is 0 Å². The van der Waals surface area contributed by atoms with Crippen molar-refractivity contribution in [1.82, 2.24) is 0 Å². The molecule has 0 aliphatic carbocycles. The van der Waals surface area contributed by atoms with Crippen LogP contribution < -0.4 is 0 Å². The van der Waals surface area contributed by atoms with E-state index in [0.717, 1.165) is 5.92 Å². The average Bonchev–Trinajstić information content (AvgIpc) is 2.08. The van der Waals surface area contributed by atoms with Gasteiger partial charge in [0.15, 0.2) is 0 Å². The molecule has 1 saturated heterocycles. The van der Waals surface area contributed by atoms with E-state index in [-0.39, 0.29) is 5.60 Å². The zero-order chi connectivity index (χ0) is 8.48. The largest absolute Gasteiger partial charge is 0.372 e. The lowest BCUT2D eigenvalue weighted by Crippen LogP contribution is -2.20. The molecule has 1 aliphatic rings. The Labute approximate surface area is 70.1 Å². The molecule has 0 amide bonds. The normalized spacial score (nSPS) is 29.7. The monoisotopic (exact) mass is 156 g/mol. The van der Waals surface area contributed by atoms with Crippen LogP contribution in [0.1, 0.15) is 47.0 Å². The molecule has 0 aromatic rings. The Kier molecular flexibility index (Phi) is 2.58. The Bertz CT molecular complexity index is 127. The van der Waals surface area contributed by atoms with Gasteiger partial charge in [0.05, 0.1) is 11.7 Å². The van der Waals surface area contributed by atoms with Crippen molar-refractivity contribution in [2.24, 2.45) is 5.92 Å². The zero-order valence-corrected chi connectivity index (χ0v) is 8.18. The molecular weight excluding hydrogens is 136 g/mol. The highest BCUT2D eigenvalue weighted by Gasteiger charge is 2.31. The van der Waals surface area contributed by atoms with Crippen molar-refractivity contribution in [3.8, 4) is 0 Å². The van der Waals surface area contributed by atoms with Crippen molar-refractivity contribution in [3.63, 3.8) is 0 Å². The summed E-state index contributed by atoms with van der Waals surface area (Å²) in [5.74, 6) is 0.772. The molecule has 1 heteroatoms. The molecule has 1 rings (SSSR count). The number of hydrogen-bond acceptors (Lipinski definition) is 1. The predicted molar refractivity (Wildman–Crippen MR) is 47.6 cm³/mol. The summed E-state index contributed by atoms with van der Waals surface area (Å²) in [5.41, 5.74) is 0.152. The van der Waals surface area contributed by atoms with Gasteiger partial charge in [-0.25, -0.2) is 0 Å². The molecule has 0 aromatic heterocycles. The third-order valence-electron chi connectivity index (χ3n) is 2.29. The zero-order valence-electron chi connectivity index (χ0n) is 8.18. The van der Waals surface area contributed by atoms with Crippen LogP contribution in [0.15, 0.2) is 0 Å². The van der Waals surface area contributed by atoms with E-state index in [0.29, 0.717) is 6.10 Å². The molecule has 1 nitrogen and oxygen atoms in total. The molecule has 1 fully saturated rings. The second-order valence-corrected chi connectivity index (χ2v) is 4.67. The summed E-state index contributed by atoms with van der Waals surface area (Å²) < 4.78 is 5.86. The molecule has 1 atom stereocenters. The maximum Gasteiger partial charge on any atom is 0.0631 e. The quantitative estimate of drug-likeness (QED) is 0.597. The lowest BCUT2D eigenvalue weighted by atomic mass is 10.0. The van der Waals surface area contributed by atoms with Crippen LogP contribution in [0.4, 0.5) is 0 Å². The third-order valence-corrected chi connectivity index (χ3v) is 2.29. The van der Waals surface area contributed by atoms with Crippen molar-refractivity contribution in [1.29, 1.82) is 0 Å². The summed E-state index contributed by atoms with van der Waals surface area (Å²) in [6, 6.07) is 0. The van der Waals surface area contributed by atoms with Crippen LogP contribution in [0.2, 0.25) is 0 Å². The maximum absolute atomic E-state index is 5.86. The fraction of sp³-hybridized carbons (Fsp3) is 1.00. The second kappa shape index (κ2) is 3.14. The Morgan fingerprint density at radius 3 is 2.45 bits per heavy atom. The van der Waals surface area contributed by atoms with Crippen LogP contribution in [0.3, 0.4) is 0 Å². The lowest BCUT2D eigenvalue weighted by molar-refractivity contribution is -0.0227. The van der Waals surface area contributed by atoms with E-state index >= 15 is 0 Å². The molecule has 1 unspecified atom stereocenters.